The molecular weight excluding hydrogens is 164 g/mol. The van der Waals surface area contributed by atoms with Gasteiger partial charge in [-0.05, 0) is 5.90 Å². The van der Waals surface area contributed by atoms with Crippen molar-refractivity contribution in [1.29, 1.82) is 5.41 Å². The largest absolute Gasteiger partial charge is 0.859 e. The molecule has 0 bridgehead atoms. The van der Waals surface area contributed by atoms with Gasteiger partial charge in [0.15, 0.2) is 0 Å². The normalized spacial score (nSPS) is 8.08. The number of quaternary nitrogens is 1. The highest BCUT2D eigenvalue weighted by Gasteiger charge is 1.82. The van der Waals surface area contributed by atoms with Crippen LogP contribution in [-0.2, 0) is 6.54 Å². The van der Waals surface area contributed by atoms with Crippen LogP contribution in [0.1, 0.15) is 5.56 Å². The van der Waals surface area contributed by atoms with Gasteiger partial charge < -0.3 is 16.2 Å². The molecule has 0 fully saturated rings. The zero-order valence-electron chi connectivity index (χ0n) is 7.49. The lowest BCUT2D eigenvalue weighted by Gasteiger charge is -1.91. The summed E-state index contributed by atoms with van der Waals surface area (Å²) < 4.78 is 0. The molecule has 0 aliphatic carbocycles. The first kappa shape index (κ1) is 11.4. The van der Waals surface area contributed by atoms with Gasteiger partial charge in [-0.25, -0.2) is 0 Å². The van der Waals surface area contributed by atoms with E-state index in [9.17, 15) is 5.11 Å². The van der Waals surface area contributed by atoms with E-state index in [2.05, 4.69) is 24.4 Å². The van der Waals surface area contributed by atoms with Gasteiger partial charge in [-0.1, -0.05) is 43.0 Å². The van der Waals surface area contributed by atoms with Gasteiger partial charge in [0, 0.05) is 5.56 Å². The predicted octanol–water partition coefficient (Wildman–Crippen LogP) is -0.0615. The molecule has 0 saturated heterocycles. The number of benzene rings is 1. The fourth-order valence-electron chi connectivity index (χ4n) is 0.645. The molecule has 0 saturated carbocycles. The average molecular weight is 178 g/mol. The Morgan fingerprint density at radius 2 is 1.92 bits per heavy atom. The molecule has 1 aromatic rings. The molecule has 0 radical (unpaired) electrons. The third-order valence-corrected chi connectivity index (χ3v) is 1.32. The minimum Gasteiger partial charge on any atom is -0.859 e. The Hall–Kier alpha value is -1.61. The van der Waals surface area contributed by atoms with E-state index in [0.717, 1.165) is 12.6 Å². The molecule has 3 nitrogen and oxygen atoms in total. The molecule has 70 valence electrons. The number of hydrogen-bond acceptors (Lipinski definition) is 2. The molecular formula is C10H14N2O. The van der Waals surface area contributed by atoms with Crippen LogP contribution in [0.4, 0.5) is 0 Å². The summed E-state index contributed by atoms with van der Waals surface area (Å²) in [5.74, 6) is -0.731. The second-order valence-corrected chi connectivity index (χ2v) is 2.30. The molecule has 0 aliphatic heterocycles. The molecule has 1 rings (SSSR count). The van der Waals surface area contributed by atoms with Crippen molar-refractivity contribution >= 4 is 5.90 Å². The van der Waals surface area contributed by atoms with E-state index in [1.807, 2.05) is 18.2 Å². The van der Waals surface area contributed by atoms with Gasteiger partial charge in [0.2, 0.25) is 0 Å². The molecule has 0 aliphatic rings. The molecule has 0 aromatic heterocycles. The van der Waals surface area contributed by atoms with Crippen molar-refractivity contribution in [1.82, 2.24) is 0 Å². The van der Waals surface area contributed by atoms with E-state index in [0.29, 0.717) is 0 Å². The Morgan fingerprint density at radius 1 is 1.46 bits per heavy atom. The van der Waals surface area contributed by atoms with Crippen molar-refractivity contribution < 1.29 is 10.8 Å². The van der Waals surface area contributed by atoms with Crippen LogP contribution in [-0.4, -0.2) is 5.90 Å². The fourth-order valence-corrected chi connectivity index (χ4v) is 0.645. The second-order valence-electron chi connectivity index (χ2n) is 2.30. The fraction of sp³-hybridized carbons (Fsp3) is 0.100. The predicted molar refractivity (Wildman–Crippen MR) is 51.0 cm³/mol. The third-order valence-electron chi connectivity index (χ3n) is 1.32. The van der Waals surface area contributed by atoms with E-state index in [4.69, 9.17) is 5.41 Å². The summed E-state index contributed by atoms with van der Waals surface area (Å²) in [6.45, 7) is 3.91. The summed E-state index contributed by atoms with van der Waals surface area (Å²) in [5.41, 5.74) is 5.05. The second kappa shape index (κ2) is 7.06. The lowest BCUT2D eigenvalue weighted by molar-refractivity contribution is -0.386. The smallest absolute Gasteiger partial charge is 0.0997 e. The van der Waals surface area contributed by atoms with Gasteiger partial charge in [-0.15, -0.1) is 0 Å². The van der Waals surface area contributed by atoms with Gasteiger partial charge in [0.25, 0.3) is 0 Å². The standard InChI is InChI=1S/C7H9N.C3H5NO/c8-6-7-4-2-1-3-5-7;1-2-3(4)5/h1-5H,6,8H2;2H,1H2,(H2,4,5). The maximum atomic E-state index is 9.36. The number of hydrogen-bond donors (Lipinski definition) is 2. The van der Waals surface area contributed by atoms with Crippen molar-refractivity contribution in [3.8, 4) is 0 Å². The minimum atomic E-state index is -0.731. The summed E-state index contributed by atoms with van der Waals surface area (Å²) >= 11 is 0. The van der Waals surface area contributed by atoms with Crippen LogP contribution in [0.15, 0.2) is 43.0 Å². The van der Waals surface area contributed by atoms with Crippen LogP contribution in [0.25, 0.3) is 0 Å². The summed E-state index contributed by atoms with van der Waals surface area (Å²) in [6.07, 6.45) is 0.944. The molecule has 0 amide bonds. The van der Waals surface area contributed by atoms with E-state index >= 15 is 0 Å². The SMILES string of the molecule is C=CC(=N)[O-].[NH3+]Cc1ccccc1. The van der Waals surface area contributed by atoms with Crippen molar-refractivity contribution in [2.75, 3.05) is 0 Å². The topological polar surface area (TPSA) is 74.5 Å². The average Bonchev–Trinajstić information content (AvgIpc) is 2.20. The maximum Gasteiger partial charge on any atom is 0.0997 e. The lowest BCUT2D eigenvalue weighted by Crippen LogP contribution is -2.47. The van der Waals surface area contributed by atoms with E-state index in [1.165, 1.54) is 5.56 Å². The van der Waals surface area contributed by atoms with Gasteiger partial charge in [-0.2, -0.15) is 0 Å². The molecule has 3 heteroatoms. The Kier molecular flexibility index (Phi) is 6.19. The highest BCUT2D eigenvalue weighted by Crippen LogP contribution is 1.93. The summed E-state index contributed by atoms with van der Waals surface area (Å²) in [6, 6.07) is 10.2. The minimum absolute atomic E-state index is 0.731. The molecule has 0 unspecified atom stereocenters. The quantitative estimate of drug-likeness (QED) is 0.483. The number of rotatable bonds is 2. The lowest BCUT2D eigenvalue weighted by atomic mass is 10.2. The van der Waals surface area contributed by atoms with E-state index < -0.39 is 5.90 Å². The highest BCUT2D eigenvalue weighted by atomic mass is 16.3. The van der Waals surface area contributed by atoms with Crippen molar-refractivity contribution in [2.45, 2.75) is 6.54 Å². The van der Waals surface area contributed by atoms with Crippen molar-refractivity contribution in [3.05, 3.63) is 48.6 Å². The van der Waals surface area contributed by atoms with Crippen LogP contribution < -0.4 is 10.8 Å². The number of nitrogens with one attached hydrogen (secondary N) is 1. The Balaban J connectivity index is 0.000000252. The molecule has 4 N–H and O–H groups in total. The Bertz CT molecular complexity index is 257. The molecule has 0 heterocycles. The first-order chi connectivity index (χ1) is 6.20. The third kappa shape index (κ3) is 6.77. The highest BCUT2D eigenvalue weighted by molar-refractivity contribution is 5.79. The molecule has 1 aromatic carbocycles. The monoisotopic (exact) mass is 178 g/mol. The van der Waals surface area contributed by atoms with Crippen LogP contribution in [0, 0.1) is 5.41 Å². The van der Waals surface area contributed by atoms with Crippen molar-refractivity contribution in [3.63, 3.8) is 0 Å². The van der Waals surface area contributed by atoms with Crippen LogP contribution in [0.2, 0.25) is 0 Å². The summed E-state index contributed by atoms with van der Waals surface area (Å²) in [7, 11) is 0. The summed E-state index contributed by atoms with van der Waals surface area (Å²) in [5, 5.41) is 15.4. The van der Waals surface area contributed by atoms with Gasteiger partial charge in [0.05, 0.1) is 6.54 Å². The first-order valence-electron chi connectivity index (χ1n) is 3.92. The molecule has 13 heavy (non-hydrogen) atoms. The Labute approximate surface area is 78.0 Å². The maximum absolute atomic E-state index is 9.36. The molecule has 0 spiro atoms. The zero-order chi connectivity index (χ0) is 10.1. The van der Waals surface area contributed by atoms with Gasteiger partial charge >= 0.3 is 0 Å². The van der Waals surface area contributed by atoms with Gasteiger partial charge in [-0.3, -0.25) is 0 Å². The van der Waals surface area contributed by atoms with Gasteiger partial charge in [0.1, 0.15) is 0 Å². The first-order valence-corrected chi connectivity index (χ1v) is 3.92. The van der Waals surface area contributed by atoms with Crippen LogP contribution in [0.5, 0.6) is 0 Å². The van der Waals surface area contributed by atoms with Crippen LogP contribution in [0.3, 0.4) is 0 Å². The summed E-state index contributed by atoms with van der Waals surface area (Å²) in [4.78, 5) is 0. The Morgan fingerprint density at radius 3 is 2.15 bits per heavy atom. The molecule has 0 atom stereocenters. The van der Waals surface area contributed by atoms with Crippen molar-refractivity contribution in [2.24, 2.45) is 0 Å². The van der Waals surface area contributed by atoms with Crippen LogP contribution >= 0.6 is 0 Å². The zero-order valence-corrected chi connectivity index (χ0v) is 7.49. The van der Waals surface area contributed by atoms with E-state index in [1.54, 1.807) is 0 Å². The van der Waals surface area contributed by atoms with E-state index in [-0.39, 0.29) is 0 Å².